The van der Waals surface area contributed by atoms with Crippen molar-refractivity contribution in [1.82, 2.24) is 15.6 Å². The van der Waals surface area contributed by atoms with Crippen LogP contribution in [-0.4, -0.2) is 35.2 Å². The van der Waals surface area contributed by atoms with Gasteiger partial charge in [0.25, 0.3) is 5.91 Å². The predicted molar refractivity (Wildman–Crippen MR) is 75.9 cm³/mol. The van der Waals surface area contributed by atoms with Crippen LogP contribution in [0.3, 0.4) is 0 Å². The van der Waals surface area contributed by atoms with Crippen LogP contribution in [0.15, 0.2) is 0 Å². The van der Waals surface area contributed by atoms with E-state index in [1.807, 2.05) is 13.8 Å². The summed E-state index contributed by atoms with van der Waals surface area (Å²) in [6.45, 7) is 8.51. The molecule has 0 aliphatic heterocycles. The lowest BCUT2D eigenvalue weighted by Gasteiger charge is -2.09. The van der Waals surface area contributed by atoms with Gasteiger partial charge in [-0.05, 0) is 40.2 Å². The number of H-pyrrole nitrogens is 1. The molecule has 0 aliphatic carbocycles. The molecule has 110 valence electrons. The van der Waals surface area contributed by atoms with Crippen LogP contribution in [0.2, 0.25) is 0 Å². The molecule has 2 amide bonds. The highest BCUT2D eigenvalue weighted by molar-refractivity contribution is 6.03. The first-order chi connectivity index (χ1) is 9.23. The van der Waals surface area contributed by atoms with Gasteiger partial charge in [0.15, 0.2) is 5.78 Å². The number of ketones is 1. The van der Waals surface area contributed by atoms with Gasteiger partial charge >= 0.3 is 0 Å². The molecule has 0 saturated carbocycles. The standard InChI is InChI=1S/C14H21N3O3/c1-7(2)16-11(19)6-15-14(20)13-8(3)12(10(5)18)9(4)17-13/h7,17H,6H2,1-5H3,(H,15,20)(H,16,19). The molecule has 0 fully saturated rings. The molecule has 0 aliphatic rings. The molecule has 0 radical (unpaired) electrons. The fraction of sp³-hybridized carbons (Fsp3) is 0.500. The van der Waals surface area contributed by atoms with E-state index in [1.54, 1.807) is 13.8 Å². The zero-order chi connectivity index (χ0) is 15.4. The molecule has 0 atom stereocenters. The quantitative estimate of drug-likeness (QED) is 0.705. The van der Waals surface area contributed by atoms with E-state index in [0.717, 1.165) is 0 Å². The molecule has 1 heterocycles. The highest BCUT2D eigenvalue weighted by Crippen LogP contribution is 2.18. The molecule has 0 aromatic carbocycles. The normalized spacial score (nSPS) is 10.5. The maximum atomic E-state index is 12.0. The van der Waals surface area contributed by atoms with Gasteiger partial charge in [0, 0.05) is 17.3 Å². The van der Waals surface area contributed by atoms with E-state index < -0.39 is 5.91 Å². The van der Waals surface area contributed by atoms with Gasteiger partial charge in [0.05, 0.1) is 6.54 Å². The molecule has 6 nitrogen and oxygen atoms in total. The van der Waals surface area contributed by atoms with Gasteiger partial charge in [-0.1, -0.05) is 0 Å². The predicted octanol–water partition coefficient (Wildman–Crippen LogP) is 1.09. The summed E-state index contributed by atoms with van der Waals surface area (Å²) in [4.78, 5) is 37.9. The Morgan fingerprint density at radius 1 is 1.20 bits per heavy atom. The fourth-order valence-electron chi connectivity index (χ4n) is 2.13. The molecule has 6 heteroatoms. The number of nitrogens with one attached hydrogen (secondary N) is 3. The first-order valence-electron chi connectivity index (χ1n) is 6.51. The van der Waals surface area contributed by atoms with Gasteiger partial charge < -0.3 is 15.6 Å². The third kappa shape index (κ3) is 3.69. The van der Waals surface area contributed by atoms with Crippen molar-refractivity contribution in [1.29, 1.82) is 0 Å². The number of aromatic amines is 1. The fourth-order valence-corrected chi connectivity index (χ4v) is 2.13. The molecule has 1 aromatic heterocycles. The first kappa shape index (κ1) is 15.9. The van der Waals surface area contributed by atoms with Crippen LogP contribution in [-0.2, 0) is 4.79 Å². The van der Waals surface area contributed by atoms with Crippen LogP contribution < -0.4 is 10.6 Å². The molecule has 0 saturated heterocycles. The van der Waals surface area contributed by atoms with Gasteiger partial charge in [-0.15, -0.1) is 0 Å². The van der Waals surface area contributed by atoms with E-state index in [2.05, 4.69) is 15.6 Å². The lowest BCUT2D eigenvalue weighted by Crippen LogP contribution is -2.40. The molecule has 20 heavy (non-hydrogen) atoms. The molecular weight excluding hydrogens is 258 g/mol. The van der Waals surface area contributed by atoms with Crippen LogP contribution >= 0.6 is 0 Å². The number of aryl methyl sites for hydroxylation is 1. The van der Waals surface area contributed by atoms with Gasteiger partial charge in [-0.3, -0.25) is 14.4 Å². The number of hydrogen-bond donors (Lipinski definition) is 3. The molecule has 1 aromatic rings. The van der Waals surface area contributed by atoms with E-state index in [0.29, 0.717) is 22.5 Å². The molecule has 1 rings (SSSR count). The minimum atomic E-state index is -0.392. The Balaban J connectivity index is 2.77. The van der Waals surface area contributed by atoms with Gasteiger partial charge in [0.2, 0.25) is 5.91 Å². The summed E-state index contributed by atoms with van der Waals surface area (Å²) < 4.78 is 0. The van der Waals surface area contributed by atoms with Crippen molar-refractivity contribution >= 4 is 17.6 Å². The van der Waals surface area contributed by atoms with E-state index in [1.165, 1.54) is 6.92 Å². The summed E-state index contributed by atoms with van der Waals surface area (Å²) in [5, 5.41) is 5.21. The molecule has 3 N–H and O–H groups in total. The van der Waals surface area contributed by atoms with Crippen LogP contribution in [0.1, 0.15) is 52.9 Å². The lowest BCUT2D eigenvalue weighted by atomic mass is 10.1. The highest BCUT2D eigenvalue weighted by Gasteiger charge is 2.20. The van der Waals surface area contributed by atoms with Crippen molar-refractivity contribution in [2.45, 2.75) is 40.7 Å². The Labute approximate surface area is 118 Å². The number of rotatable bonds is 5. The number of carbonyl (C=O) groups excluding carboxylic acids is 3. The SMILES string of the molecule is CC(=O)c1c(C)[nH]c(C(=O)NCC(=O)NC(C)C)c1C. The van der Waals surface area contributed by atoms with Crippen LogP contribution in [0.5, 0.6) is 0 Å². The molecule has 0 bridgehead atoms. The molecule has 0 unspecified atom stereocenters. The van der Waals surface area contributed by atoms with E-state index in [9.17, 15) is 14.4 Å². The number of Topliss-reactive ketones (excluding diaryl/α,β-unsaturated/α-hetero) is 1. The third-order valence-corrected chi connectivity index (χ3v) is 2.88. The van der Waals surface area contributed by atoms with Crippen molar-refractivity contribution in [2.24, 2.45) is 0 Å². The minimum absolute atomic E-state index is 0.0261. The minimum Gasteiger partial charge on any atom is -0.354 e. The topological polar surface area (TPSA) is 91.1 Å². The Bertz CT molecular complexity index is 544. The van der Waals surface area contributed by atoms with Crippen molar-refractivity contribution < 1.29 is 14.4 Å². The average molecular weight is 279 g/mol. The van der Waals surface area contributed by atoms with Crippen molar-refractivity contribution in [3.05, 3.63) is 22.5 Å². The zero-order valence-electron chi connectivity index (χ0n) is 12.5. The monoisotopic (exact) mass is 279 g/mol. The van der Waals surface area contributed by atoms with Crippen LogP contribution in [0, 0.1) is 13.8 Å². The first-order valence-corrected chi connectivity index (χ1v) is 6.51. The Morgan fingerprint density at radius 2 is 1.80 bits per heavy atom. The van der Waals surface area contributed by atoms with Crippen molar-refractivity contribution in [3.63, 3.8) is 0 Å². The van der Waals surface area contributed by atoms with Crippen molar-refractivity contribution in [3.8, 4) is 0 Å². The number of hydrogen-bond acceptors (Lipinski definition) is 3. The third-order valence-electron chi connectivity index (χ3n) is 2.88. The second kappa shape index (κ2) is 6.36. The van der Waals surface area contributed by atoms with Crippen LogP contribution in [0.25, 0.3) is 0 Å². The maximum Gasteiger partial charge on any atom is 0.268 e. The molecule has 0 spiro atoms. The van der Waals surface area contributed by atoms with Gasteiger partial charge in [-0.2, -0.15) is 0 Å². The largest absolute Gasteiger partial charge is 0.354 e. The van der Waals surface area contributed by atoms with E-state index in [4.69, 9.17) is 0 Å². The second-order valence-electron chi connectivity index (χ2n) is 5.09. The highest BCUT2D eigenvalue weighted by atomic mass is 16.2. The maximum absolute atomic E-state index is 12.0. The summed E-state index contributed by atoms with van der Waals surface area (Å²) in [5.41, 5.74) is 2.12. The van der Waals surface area contributed by atoms with Crippen molar-refractivity contribution in [2.75, 3.05) is 6.54 Å². The Hall–Kier alpha value is -2.11. The van der Waals surface area contributed by atoms with E-state index >= 15 is 0 Å². The lowest BCUT2D eigenvalue weighted by molar-refractivity contribution is -0.120. The van der Waals surface area contributed by atoms with Crippen LogP contribution in [0.4, 0.5) is 0 Å². The number of amides is 2. The van der Waals surface area contributed by atoms with E-state index in [-0.39, 0.29) is 24.3 Å². The molecular formula is C14H21N3O3. The van der Waals surface area contributed by atoms with Gasteiger partial charge in [-0.25, -0.2) is 0 Å². The summed E-state index contributed by atoms with van der Waals surface area (Å²) in [5.74, 6) is -0.731. The number of aromatic nitrogens is 1. The summed E-state index contributed by atoms with van der Waals surface area (Å²) in [6.07, 6.45) is 0. The second-order valence-corrected chi connectivity index (χ2v) is 5.09. The number of carbonyl (C=O) groups is 3. The summed E-state index contributed by atoms with van der Waals surface area (Å²) >= 11 is 0. The smallest absolute Gasteiger partial charge is 0.268 e. The van der Waals surface area contributed by atoms with Gasteiger partial charge in [0.1, 0.15) is 5.69 Å². The summed E-state index contributed by atoms with van der Waals surface area (Å²) in [7, 11) is 0. The summed E-state index contributed by atoms with van der Waals surface area (Å²) in [6, 6.07) is 0.0261. The Kier molecular flexibility index (Phi) is 5.07. The Morgan fingerprint density at radius 3 is 2.25 bits per heavy atom. The zero-order valence-corrected chi connectivity index (χ0v) is 12.5. The average Bonchev–Trinajstić information content (AvgIpc) is 2.60.